The Bertz CT molecular complexity index is 611. The molecule has 0 atom stereocenters. The number of halogens is 3. The number of anilines is 2. The van der Waals surface area contributed by atoms with Crippen molar-refractivity contribution in [3.63, 3.8) is 0 Å². The monoisotopic (exact) mass is 317 g/mol. The van der Waals surface area contributed by atoms with Crippen LogP contribution in [0.4, 0.5) is 24.9 Å². The van der Waals surface area contributed by atoms with Crippen LogP contribution in [0.2, 0.25) is 0 Å². The third kappa shape index (κ3) is 4.05. The van der Waals surface area contributed by atoms with Gasteiger partial charge in [0.15, 0.2) is 5.69 Å². The lowest BCUT2D eigenvalue weighted by Crippen LogP contribution is -2.16. The molecule has 0 unspecified atom stereocenters. The SMILES string of the molecule is CCc1ccc(CNc2cc(C(F)(F)F)nc(NN)n2)s1. The van der Waals surface area contributed by atoms with E-state index in [1.807, 2.05) is 24.5 Å². The second-order valence-corrected chi connectivity index (χ2v) is 5.43. The maximum atomic E-state index is 12.7. The third-order valence-electron chi connectivity index (χ3n) is 2.66. The average molecular weight is 317 g/mol. The predicted molar refractivity (Wildman–Crippen MR) is 75.9 cm³/mol. The van der Waals surface area contributed by atoms with Gasteiger partial charge >= 0.3 is 6.18 Å². The van der Waals surface area contributed by atoms with Gasteiger partial charge in [0.1, 0.15) is 5.82 Å². The van der Waals surface area contributed by atoms with Gasteiger partial charge in [-0.1, -0.05) is 6.92 Å². The molecule has 0 amide bonds. The zero-order chi connectivity index (χ0) is 15.5. The fourth-order valence-corrected chi connectivity index (χ4v) is 2.53. The van der Waals surface area contributed by atoms with Crippen molar-refractivity contribution < 1.29 is 13.2 Å². The van der Waals surface area contributed by atoms with Gasteiger partial charge in [0.25, 0.3) is 0 Å². The number of hydrogen-bond acceptors (Lipinski definition) is 6. The van der Waals surface area contributed by atoms with Gasteiger partial charge in [-0.2, -0.15) is 18.2 Å². The Hall–Kier alpha value is -1.87. The van der Waals surface area contributed by atoms with Crippen LogP contribution in [0.1, 0.15) is 22.4 Å². The van der Waals surface area contributed by atoms with Crippen LogP contribution in [-0.2, 0) is 19.1 Å². The minimum Gasteiger partial charge on any atom is -0.365 e. The van der Waals surface area contributed by atoms with Crippen LogP contribution in [0.5, 0.6) is 0 Å². The highest BCUT2D eigenvalue weighted by Crippen LogP contribution is 2.29. The number of hydrazine groups is 1. The van der Waals surface area contributed by atoms with E-state index in [0.717, 1.165) is 17.4 Å². The number of rotatable bonds is 5. The van der Waals surface area contributed by atoms with Crippen molar-refractivity contribution >= 4 is 23.1 Å². The Morgan fingerprint density at radius 1 is 1.24 bits per heavy atom. The first kappa shape index (κ1) is 15.5. The first-order chi connectivity index (χ1) is 9.92. The Balaban J connectivity index is 2.15. The number of nitrogens with two attached hydrogens (primary N) is 1. The Morgan fingerprint density at radius 3 is 2.52 bits per heavy atom. The van der Waals surface area contributed by atoms with E-state index in [4.69, 9.17) is 5.84 Å². The second-order valence-electron chi connectivity index (χ2n) is 4.18. The summed E-state index contributed by atoms with van der Waals surface area (Å²) in [5.41, 5.74) is 0.984. The van der Waals surface area contributed by atoms with Crippen LogP contribution in [0.15, 0.2) is 18.2 Å². The molecule has 2 rings (SSSR count). The first-order valence-corrected chi connectivity index (χ1v) is 6.98. The summed E-state index contributed by atoms with van der Waals surface area (Å²) < 4.78 is 38.1. The van der Waals surface area contributed by atoms with Crippen molar-refractivity contribution in [1.82, 2.24) is 9.97 Å². The number of thiophene rings is 1. The Labute approximate surface area is 123 Å². The number of nitrogens with one attached hydrogen (secondary N) is 2. The summed E-state index contributed by atoms with van der Waals surface area (Å²) in [6.45, 7) is 2.44. The van der Waals surface area contributed by atoms with E-state index in [-0.39, 0.29) is 11.8 Å². The van der Waals surface area contributed by atoms with Gasteiger partial charge in [0.05, 0.1) is 6.54 Å². The van der Waals surface area contributed by atoms with Crippen molar-refractivity contribution in [2.24, 2.45) is 5.84 Å². The molecule has 2 aromatic heterocycles. The largest absolute Gasteiger partial charge is 0.433 e. The first-order valence-electron chi connectivity index (χ1n) is 6.16. The number of alkyl halides is 3. The highest BCUT2D eigenvalue weighted by atomic mass is 32.1. The van der Waals surface area contributed by atoms with Crippen LogP contribution in [-0.4, -0.2) is 9.97 Å². The maximum Gasteiger partial charge on any atom is 0.433 e. The standard InChI is InChI=1S/C12H14F3N5S/c1-2-7-3-4-8(21-7)6-17-10-5-9(12(13,14)15)18-11(19-10)20-16/h3-5H,2,6,16H2,1H3,(H2,17,18,19,20). The Morgan fingerprint density at radius 2 is 1.95 bits per heavy atom. The van der Waals surface area contributed by atoms with E-state index >= 15 is 0 Å². The molecule has 21 heavy (non-hydrogen) atoms. The highest BCUT2D eigenvalue weighted by Gasteiger charge is 2.33. The summed E-state index contributed by atoms with van der Waals surface area (Å²) in [4.78, 5) is 9.37. The van der Waals surface area contributed by atoms with E-state index < -0.39 is 11.9 Å². The smallest absolute Gasteiger partial charge is 0.365 e. The van der Waals surface area contributed by atoms with E-state index in [0.29, 0.717) is 6.54 Å². The van der Waals surface area contributed by atoms with Gasteiger partial charge in [-0.15, -0.1) is 11.3 Å². The molecule has 0 saturated heterocycles. The molecule has 5 nitrogen and oxygen atoms in total. The molecule has 4 N–H and O–H groups in total. The lowest BCUT2D eigenvalue weighted by Gasteiger charge is -2.11. The molecular weight excluding hydrogens is 303 g/mol. The van der Waals surface area contributed by atoms with Crippen molar-refractivity contribution in [3.8, 4) is 0 Å². The van der Waals surface area contributed by atoms with Gasteiger partial charge in [0, 0.05) is 15.8 Å². The number of nitrogens with zero attached hydrogens (tertiary/aromatic N) is 2. The molecule has 9 heteroatoms. The summed E-state index contributed by atoms with van der Waals surface area (Å²) in [7, 11) is 0. The zero-order valence-electron chi connectivity index (χ0n) is 11.2. The molecule has 0 aliphatic carbocycles. The summed E-state index contributed by atoms with van der Waals surface area (Å²) in [5.74, 6) is 4.87. The van der Waals surface area contributed by atoms with Crippen molar-refractivity contribution in [2.75, 3.05) is 10.7 Å². The van der Waals surface area contributed by atoms with Gasteiger partial charge < -0.3 is 5.32 Å². The van der Waals surface area contributed by atoms with Crippen LogP contribution in [0, 0.1) is 0 Å². The molecular formula is C12H14F3N5S. The van der Waals surface area contributed by atoms with E-state index in [1.54, 1.807) is 11.3 Å². The molecule has 0 radical (unpaired) electrons. The van der Waals surface area contributed by atoms with Crippen molar-refractivity contribution in [3.05, 3.63) is 33.6 Å². The summed E-state index contributed by atoms with van der Waals surface area (Å²) >= 11 is 1.60. The summed E-state index contributed by atoms with van der Waals surface area (Å²) in [6.07, 6.45) is -3.62. The van der Waals surface area contributed by atoms with Gasteiger partial charge in [-0.3, -0.25) is 5.43 Å². The lowest BCUT2D eigenvalue weighted by atomic mass is 10.3. The number of aromatic nitrogens is 2. The van der Waals surface area contributed by atoms with Gasteiger partial charge in [-0.25, -0.2) is 10.8 Å². The second kappa shape index (κ2) is 6.27. The molecule has 0 aliphatic heterocycles. The lowest BCUT2D eigenvalue weighted by molar-refractivity contribution is -0.141. The molecule has 0 fully saturated rings. The molecule has 0 bridgehead atoms. The average Bonchev–Trinajstić information content (AvgIpc) is 2.92. The normalized spacial score (nSPS) is 11.5. The molecule has 2 heterocycles. The minimum absolute atomic E-state index is 0.0664. The third-order valence-corrected chi connectivity index (χ3v) is 3.88. The number of nitrogen functional groups attached to an aromatic ring is 1. The topological polar surface area (TPSA) is 75.9 Å². The molecule has 0 spiro atoms. The molecule has 0 aliphatic rings. The fourth-order valence-electron chi connectivity index (χ4n) is 1.63. The zero-order valence-corrected chi connectivity index (χ0v) is 12.0. The molecule has 0 aromatic carbocycles. The van der Waals surface area contributed by atoms with Crippen LogP contribution < -0.4 is 16.6 Å². The number of hydrogen-bond donors (Lipinski definition) is 3. The van der Waals surface area contributed by atoms with Crippen molar-refractivity contribution in [1.29, 1.82) is 0 Å². The molecule has 114 valence electrons. The molecule has 2 aromatic rings. The quantitative estimate of drug-likeness (QED) is 0.584. The van der Waals surface area contributed by atoms with Crippen molar-refractivity contribution in [2.45, 2.75) is 26.1 Å². The summed E-state index contributed by atoms with van der Waals surface area (Å²) in [5, 5.41) is 2.85. The van der Waals surface area contributed by atoms with E-state index in [2.05, 4.69) is 15.3 Å². The summed E-state index contributed by atoms with van der Waals surface area (Å²) in [6, 6.07) is 4.79. The van der Waals surface area contributed by atoms with E-state index in [1.165, 1.54) is 4.88 Å². The fraction of sp³-hybridized carbons (Fsp3) is 0.333. The number of aryl methyl sites for hydroxylation is 1. The van der Waals surface area contributed by atoms with Gasteiger partial charge in [-0.05, 0) is 18.6 Å². The maximum absolute atomic E-state index is 12.7. The van der Waals surface area contributed by atoms with Crippen LogP contribution in [0.25, 0.3) is 0 Å². The van der Waals surface area contributed by atoms with Gasteiger partial charge in [0.2, 0.25) is 5.95 Å². The van der Waals surface area contributed by atoms with Crippen LogP contribution in [0.3, 0.4) is 0 Å². The molecule has 0 saturated carbocycles. The predicted octanol–water partition coefficient (Wildman–Crippen LogP) is 3.02. The van der Waals surface area contributed by atoms with Crippen LogP contribution >= 0.6 is 11.3 Å². The van der Waals surface area contributed by atoms with E-state index in [9.17, 15) is 13.2 Å². The Kier molecular flexibility index (Phi) is 4.63. The highest BCUT2D eigenvalue weighted by molar-refractivity contribution is 7.12. The minimum atomic E-state index is -4.55.